The second kappa shape index (κ2) is 15.8. The van der Waals surface area contributed by atoms with E-state index in [2.05, 4.69) is 4.98 Å². The molecular formula is C39H34N6O10S2. The van der Waals surface area contributed by atoms with E-state index in [0.717, 1.165) is 32.9 Å². The molecule has 2 heterocycles. The predicted molar refractivity (Wildman–Crippen MR) is 205 cm³/mol. The maximum atomic E-state index is 14.3. The van der Waals surface area contributed by atoms with Crippen molar-refractivity contribution in [2.75, 3.05) is 26.2 Å². The van der Waals surface area contributed by atoms with Crippen molar-refractivity contribution in [2.45, 2.75) is 35.8 Å². The van der Waals surface area contributed by atoms with Crippen molar-refractivity contribution in [3.63, 3.8) is 0 Å². The SMILES string of the molecule is O=C1c2ccccc2C(=O)c2cc(CN3CCCN(S(=O)(=O)c4ccccc4[N+](=O)[O-])Cc4cccc(n4)CN(S(=O)(=O)c4ccccc4[N+](=O)[O-])CC3)ccc21. The first-order valence-electron chi connectivity index (χ1n) is 17.7. The number of pyridine rings is 1. The normalized spacial score (nSPS) is 16.1. The molecule has 0 saturated carbocycles. The van der Waals surface area contributed by atoms with Crippen LogP contribution in [0.5, 0.6) is 0 Å². The Morgan fingerprint density at radius 2 is 1.05 bits per heavy atom. The predicted octanol–water partition coefficient (Wildman–Crippen LogP) is 4.96. The van der Waals surface area contributed by atoms with Gasteiger partial charge in [-0.15, -0.1) is 0 Å². The molecule has 0 radical (unpaired) electrons. The standard InChI is InChI=1S/C39H34N6O10S2/c46-38-30-11-1-2-12-31(30)39(47)33-23-27(17-18-32(33)38)24-41-19-8-20-42(56(52,53)36-15-5-3-13-34(36)44(48)49)25-28-9-7-10-29(40-28)26-43(22-21-41)57(54,55)37-16-6-4-14-35(37)45(50)51/h1-7,9-18,23H,8,19-22,24-26H2. The fourth-order valence-corrected chi connectivity index (χ4v) is 10.2. The molecule has 1 aromatic heterocycles. The summed E-state index contributed by atoms with van der Waals surface area (Å²) in [6.45, 7) is -0.553. The zero-order valence-electron chi connectivity index (χ0n) is 30.1. The molecule has 292 valence electrons. The Morgan fingerprint density at radius 1 is 0.561 bits per heavy atom. The van der Waals surface area contributed by atoms with Crippen molar-refractivity contribution in [1.82, 2.24) is 18.5 Å². The molecule has 5 aromatic rings. The van der Waals surface area contributed by atoms with Gasteiger partial charge in [-0.1, -0.05) is 60.7 Å². The summed E-state index contributed by atoms with van der Waals surface area (Å²) in [5, 5.41) is 23.8. The van der Waals surface area contributed by atoms with Gasteiger partial charge in [-0.25, -0.2) is 16.8 Å². The molecule has 18 heteroatoms. The van der Waals surface area contributed by atoms with Crippen LogP contribution in [0.25, 0.3) is 0 Å². The molecule has 16 nitrogen and oxygen atoms in total. The first kappa shape index (κ1) is 39.2. The van der Waals surface area contributed by atoms with Crippen LogP contribution in [0, 0.1) is 20.2 Å². The molecule has 2 aliphatic rings. The summed E-state index contributed by atoms with van der Waals surface area (Å²) in [5.74, 6) is -0.610. The summed E-state index contributed by atoms with van der Waals surface area (Å²) in [6, 6.07) is 26.2. The topological polar surface area (TPSA) is 211 Å². The molecule has 0 saturated heterocycles. The smallest absolute Gasteiger partial charge is 0.289 e. The van der Waals surface area contributed by atoms with Crippen LogP contribution in [-0.4, -0.2) is 82.9 Å². The minimum absolute atomic E-state index is 0.0449. The van der Waals surface area contributed by atoms with E-state index in [0.29, 0.717) is 11.1 Å². The lowest BCUT2D eigenvalue weighted by molar-refractivity contribution is -0.388. The molecule has 0 fully saturated rings. The van der Waals surface area contributed by atoms with Crippen molar-refractivity contribution in [2.24, 2.45) is 0 Å². The number of benzene rings is 4. The van der Waals surface area contributed by atoms with E-state index in [9.17, 15) is 46.7 Å². The van der Waals surface area contributed by atoms with Crippen LogP contribution in [0.1, 0.15) is 55.2 Å². The summed E-state index contributed by atoms with van der Waals surface area (Å²) in [5.41, 5.74) is 0.931. The third-order valence-electron chi connectivity index (χ3n) is 9.84. The second-order valence-electron chi connectivity index (χ2n) is 13.5. The minimum atomic E-state index is -4.53. The average Bonchev–Trinajstić information content (AvgIpc) is 3.21. The number of ketones is 2. The average molecular weight is 811 g/mol. The monoisotopic (exact) mass is 810 g/mol. The molecule has 1 aliphatic heterocycles. The van der Waals surface area contributed by atoms with Gasteiger partial charge in [0.2, 0.25) is 20.0 Å². The molecule has 0 atom stereocenters. The van der Waals surface area contributed by atoms with Crippen LogP contribution in [0.2, 0.25) is 0 Å². The van der Waals surface area contributed by atoms with Crippen LogP contribution in [0.15, 0.2) is 119 Å². The van der Waals surface area contributed by atoms with Crippen LogP contribution in [-0.2, 0) is 39.7 Å². The Labute approximate surface area is 327 Å². The van der Waals surface area contributed by atoms with E-state index in [-0.39, 0.29) is 91.9 Å². The quantitative estimate of drug-likeness (QED) is 0.148. The lowest BCUT2D eigenvalue weighted by Gasteiger charge is -2.28. The number of nitrogens with zero attached hydrogens (tertiary/aromatic N) is 6. The van der Waals surface area contributed by atoms with Crippen LogP contribution in [0.3, 0.4) is 0 Å². The Balaban J connectivity index is 1.27. The Hall–Kier alpha value is -6.05. The zero-order chi connectivity index (χ0) is 40.5. The highest BCUT2D eigenvalue weighted by Crippen LogP contribution is 2.31. The number of fused-ring (bicyclic) bond motifs is 4. The maximum Gasteiger partial charge on any atom is 0.289 e. The van der Waals surface area contributed by atoms with Crippen LogP contribution >= 0.6 is 0 Å². The van der Waals surface area contributed by atoms with Gasteiger partial charge in [-0.05, 0) is 54.9 Å². The molecule has 0 unspecified atom stereocenters. The highest BCUT2D eigenvalue weighted by molar-refractivity contribution is 7.89. The Kier molecular flexibility index (Phi) is 10.9. The molecule has 0 spiro atoms. The van der Waals surface area contributed by atoms with Crippen LogP contribution in [0.4, 0.5) is 11.4 Å². The summed E-state index contributed by atoms with van der Waals surface area (Å²) < 4.78 is 59.0. The number of aromatic nitrogens is 1. The number of para-hydroxylation sites is 2. The third-order valence-corrected chi connectivity index (χ3v) is 13.6. The second-order valence-corrected chi connectivity index (χ2v) is 17.3. The van der Waals surface area contributed by atoms with E-state index < -0.39 is 51.1 Å². The molecule has 4 aromatic carbocycles. The van der Waals surface area contributed by atoms with Gasteiger partial charge < -0.3 is 0 Å². The summed E-state index contributed by atoms with van der Waals surface area (Å²) in [7, 11) is -9.00. The molecule has 0 N–H and O–H groups in total. The molecule has 57 heavy (non-hydrogen) atoms. The number of nitro benzene ring substituents is 2. The molecule has 1 aliphatic carbocycles. The van der Waals surface area contributed by atoms with Crippen LogP contribution < -0.4 is 0 Å². The Bertz CT molecular complexity index is 2670. The molecule has 0 amide bonds. The number of hydrogen-bond acceptors (Lipinski definition) is 12. The van der Waals surface area contributed by atoms with E-state index in [1.54, 1.807) is 60.7 Å². The van der Waals surface area contributed by atoms with Gasteiger partial charge in [-0.3, -0.25) is 39.7 Å². The number of rotatable bonds is 8. The summed E-state index contributed by atoms with van der Waals surface area (Å²) >= 11 is 0. The zero-order valence-corrected chi connectivity index (χ0v) is 31.8. The van der Waals surface area contributed by atoms with Gasteiger partial charge in [0.15, 0.2) is 21.4 Å². The number of sulfonamides is 2. The van der Waals surface area contributed by atoms with Crippen molar-refractivity contribution >= 4 is 43.0 Å². The van der Waals surface area contributed by atoms with Gasteiger partial charge in [0.25, 0.3) is 11.4 Å². The van der Waals surface area contributed by atoms with E-state index in [1.807, 2.05) is 4.90 Å². The number of hydrogen-bond donors (Lipinski definition) is 0. The van der Waals surface area contributed by atoms with Gasteiger partial charge in [0.05, 0.1) is 34.3 Å². The van der Waals surface area contributed by atoms with E-state index >= 15 is 0 Å². The van der Waals surface area contributed by atoms with E-state index in [1.165, 1.54) is 24.3 Å². The molecule has 7 rings (SSSR count). The lowest BCUT2D eigenvalue weighted by Crippen LogP contribution is -2.39. The third kappa shape index (κ3) is 7.85. The highest BCUT2D eigenvalue weighted by atomic mass is 32.2. The number of carbonyl (C=O) groups is 2. The minimum Gasteiger partial charge on any atom is -0.298 e. The van der Waals surface area contributed by atoms with Gasteiger partial charge in [0, 0.05) is 60.6 Å². The largest absolute Gasteiger partial charge is 0.298 e. The molecule has 2 bridgehead atoms. The number of nitro groups is 2. The number of carbonyl (C=O) groups excluding carboxylic acids is 2. The summed E-state index contributed by atoms with van der Waals surface area (Å²) in [4.78, 5) is 54.5. The fraction of sp³-hybridized carbons (Fsp3) is 0.205. The highest BCUT2D eigenvalue weighted by Gasteiger charge is 2.35. The van der Waals surface area contributed by atoms with Gasteiger partial charge >= 0.3 is 0 Å². The van der Waals surface area contributed by atoms with Crippen molar-refractivity contribution < 1.29 is 36.3 Å². The van der Waals surface area contributed by atoms with Crippen molar-refractivity contribution in [3.8, 4) is 0 Å². The Morgan fingerprint density at radius 3 is 1.61 bits per heavy atom. The van der Waals surface area contributed by atoms with Crippen molar-refractivity contribution in [3.05, 3.63) is 169 Å². The first-order chi connectivity index (χ1) is 27.3. The fourth-order valence-electron chi connectivity index (χ4n) is 7.06. The first-order valence-corrected chi connectivity index (χ1v) is 20.6. The lowest BCUT2D eigenvalue weighted by atomic mass is 9.83. The van der Waals surface area contributed by atoms with Gasteiger partial charge in [0.1, 0.15) is 0 Å². The summed E-state index contributed by atoms with van der Waals surface area (Å²) in [6.07, 6.45) is 0.173. The van der Waals surface area contributed by atoms with Crippen molar-refractivity contribution in [1.29, 1.82) is 0 Å². The van der Waals surface area contributed by atoms with Gasteiger partial charge in [-0.2, -0.15) is 8.61 Å². The maximum absolute atomic E-state index is 14.3. The van der Waals surface area contributed by atoms with E-state index in [4.69, 9.17) is 0 Å². The molecular weight excluding hydrogens is 777 g/mol.